The number of furan rings is 1. The van der Waals surface area contributed by atoms with Gasteiger partial charge in [0.05, 0.1) is 5.39 Å². The first kappa shape index (κ1) is 12.0. The van der Waals surface area contributed by atoms with E-state index in [9.17, 15) is 8.78 Å². The summed E-state index contributed by atoms with van der Waals surface area (Å²) >= 11 is 0. The molecule has 92 valence electrons. The zero-order chi connectivity index (χ0) is 12.4. The molecule has 0 aliphatic rings. The van der Waals surface area contributed by atoms with Gasteiger partial charge in [0.25, 0.3) is 0 Å². The lowest BCUT2D eigenvalue weighted by Crippen LogP contribution is -2.26. The predicted octanol–water partition coefficient (Wildman–Crippen LogP) is 3.25. The first-order chi connectivity index (χ1) is 8.17. The van der Waals surface area contributed by atoms with E-state index in [4.69, 9.17) is 4.42 Å². The summed E-state index contributed by atoms with van der Waals surface area (Å²) in [6, 6.07) is 3.40. The van der Waals surface area contributed by atoms with E-state index in [-0.39, 0.29) is 17.0 Å². The maximum absolute atomic E-state index is 14.0. The highest BCUT2D eigenvalue weighted by Crippen LogP contribution is 2.25. The summed E-state index contributed by atoms with van der Waals surface area (Å²) in [5, 5.41) is 3.31. The standard InChI is InChI=1S/C13H15F2NO/c1-3-9(16-2)6-8-4-5-10-11(14)7-17-13(10)12(8)15/h4-5,7,9,16H,3,6H2,1-2H3/t9-/m1/s1. The van der Waals surface area contributed by atoms with Crippen LogP contribution in [0.4, 0.5) is 8.78 Å². The van der Waals surface area contributed by atoms with Crippen molar-refractivity contribution >= 4 is 11.0 Å². The molecule has 0 bridgehead atoms. The average molecular weight is 239 g/mol. The third kappa shape index (κ3) is 2.17. The third-order valence-electron chi connectivity index (χ3n) is 3.08. The molecule has 2 nitrogen and oxygen atoms in total. The SMILES string of the molecule is CC[C@H](Cc1ccc2c(F)coc2c1F)NC. The van der Waals surface area contributed by atoms with Crippen molar-refractivity contribution in [3.8, 4) is 0 Å². The molecule has 2 aromatic rings. The van der Waals surface area contributed by atoms with Crippen LogP contribution >= 0.6 is 0 Å². The van der Waals surface area contributed by atoms with Crippen LogP contribution in [0.5, 0.6) is 0 Å². The Bertz CT molecular complexity index is 517. The van der Waals surface area contributed by atoms with Gasteiger partial charge >= 0.3 is 0 Å². The molecule has 0 amide bonds. The Labute approximate surface area is 98.6 Å². The summed E-state index contributed by atoms with van der Waals surface area (Å²) in [4.78, 5) is 0. The highest BCUT2D eigenvalue weighted by Gasteiger charge is 2.15. The van der Waals surface area contributed by atoms with E-state index in [2.05, 4.69) is 5.32 Å². The van der Waals surface area contributed by atoms with E-state index in [1.807, 2.05) is 14.0 Å². The zero-order valence-electron chi connectivity index (χ0n) is 9.89. The minimum Gasteiger partial charge on any atom is -0.458 e. The smallest absolute Gasteiger partial charge is 0.172 e. The molecule has 0 fully saturated rings. The Morgan fingerprint density at radius 1 is 1.35 bits per heavy atom. The van der Waals surface area contributed by atoms with Crippen molar-refractivity contribution in [1.82, 2.24) is 5.32 Å². The molecule has 0 unspecified atom stereocenters. The monoisotopic (exact) mass is 239 g/mol. The lowest BCUT2D eigenvalue weighted by Gasteiger charge is -2.14. The van der Waals surface area contributed by atoms with E-state index in [0.29, 0.717) is 12.0 Å². The summed E-state index contributed by atoms with van der Waals surface area (Å²) in [6.45, 7) is 2.03. The van der Waals surface area contributed by atoms with Crippen LogP contribution in [0.25, 0.3) is 11.0 Å². The Morgan fingerprint density at radius 2 is 2.12 bits per heavy atom. The van der Waals surface area contributed by atoms with Gasteiger partial charge in [0.2, 0.25) is 0 Å². The van der Waals surface area contributed by atoms with Gasteiger partial charge < -0.3 is 9.73 Å². The number of hydrogen-bond acceptors (Lipinski definition) is 2. The van der Waals surface area contributed by atoms with Gasteiger partial charge in [-0.25, -0.2) is 8.78 Å². The zero-order valence-corrected chi connectivity index (χ0v) is 9.89. The lowest BCUT2D eigenvalue weighted by atomic mass is 10.0. The van der Waals surface area contributed by atoms with Gasteiger partial charge in [-0.15, -0.1) is 0 Å². The number of likely N-dealkylation sites (N-methyl/N-ethyl adjacent to an activating group) is 1. The van der Waals surface area contributed by atoms with Gasteiger partial charge in [-0.2, -0.15) is 0 Å². The first-order valence-electron chi connectivity index (χ1n) is 5.68. The molecule has 2 rings (SSSR count). The van der Waals surface area contributed by atoms with E-state index in [1.165, 1.54) is 0 Å². The van der Waals surface area contributed by atoms with Gasteiger partial charge in [-0.3, -0.25) is 0 Å². The number of rotatable bonds is 4. The van der Waals surface area contributed by atoms with Gasteiger partial charge in [0, 0.05) is 6.04 Å². The van der Waals surface area contributed by atoms with Crippen LogP contribution in [0.15, 0.2) is 22.8 Å². The van der Waals surface area contributed by atoms with Crippen molar-refractivity contribution in [2.24, 2.45) is 0 Å². The van der Waals surface area contributed by atoms with Crippen molar-refractivity contribution in [3.63, 3.8) is 0 Å². The number of benzene rings is 1. The van der Waals surface area contributed by atoms with Crippen LogP contribution in [-0.4, -0.2) is 13.1 Å². The molecule has 17 heavy (non-hydrogen) atoms. The van der Waals surface area contributed by atoms with E-state index in [0.717, 1.165) is 12.7 Å². The Balaban J connectivity index is 2.39. The Hall–Kier alpha value is -1.42. The minimum atomic E-state index is -0.522. The number of nitrogens with one attached hydrogen (secondary N) is 1. The summed E-state index contributed by atoms with van der Waals surface area (Å²) in [6.07, 6.45) is 2.41. The quantitative estimate of drug-likeness (QED) is 0.886. The second-order valence-electron chi connectivity index (χ2n) is 4.10. The summed E-state index contributed by atoms with van der Waals surface area (Å²) in [7, 11) is 1.84. The second kappa shape index (κ2) is 4.84. The van der Waals surface area contributed by atoms with Gasteiger partial charge in [0.1, 0.15) is 6.26 Å². The van der Waals surface area contributed by atoms with E-state index >= 15 is 0 Å². The third-order valence-corrected chi connectivity index (χ3v) is 3.08. The highest BCUT2D eigenvalue weighted by molar-refractivity contribution is 5.79. The largest absolute Gasteiger partial charge is 0.458 e. The van der Waals surface area contributed by atoms with Gasteiger partial charge in [-0.1, -0.05) is 13.0 Å². The molecule has 4 heteroatoms. The second-order valence-corrected chi connectivity index (χ2v) is 4.10. The van der Waals surface area contributed by atoms with Crippen molar-refractivity contribution in [1.29, 1.82) is 0 Å². The fourth-order valence-corrected chi connectivity index (χ4v) is 1.95. The van der Waals surface area contributed by atoms with Crippen molar-refractivity contribution in [2.45, 2.75) is 25.8 Å². The maximum Gasteiger partial charge on any atom is 0.172 e. The number of fused-ring (bicyclic) bond motifs is 1. The highest BCUT2D eigenvalue weighted by atomic mass is 19.1. The molecule has 1 aromatic heterocycles. The van der Waals surface area contributed by atoms with Crippen molar-refractivity contribution in [2.75, 3.05) is 7.05 Å². The minimum absolute atomic E-state index is 0.00551. The molecule has 0 aliphatic carbocycles. The number of halogens is 2. The molecule has 0 radical (unpaired) electrons. The molecule has 1 N–H and O–H groups in total. The molecule has 0 saturated carbocycles. The van der Waals surface area contributed by atoms with Crippen molar-refractivity contribution in [3.05, 3.63) is 35.6 Å². The van der Waals surface area contributed by atoms with Crippen LogP contribution in [-0.2, 0) is 6.42 Å². The normalized spacial score (nSPS) is 13.2. The molecule has 1 heterocycles. The molecule has 0 saturated heterocycles. The predicted molar refractivity (Wildman–Crippen MR) is 63.0 cm³/mol. The molecular weight excluding hydrogens is 224 g/mol. The summed E-state index contributed by atoms with van der Waals surface area (Å²) in [5.41, 5.74) is 0.555. The molecule has 0 aliphatic heterocycles. The summed E-state index contributed by atoms with van der Waals surface area (Å²) in [5.74, 6) is -0.980. The molecule has 1 atom stereocenters. The van der Waals surface area contributed by atoms with E-state index in [1.54, 1.807) is 12.1 Å². The Morgan fingerprint density at radius 3 is 2.76 bits per heavy atom. The fraction of sp³-hybridized carbons (Fsp3) is 0.385. The molecule has 0 spiro atoms. The van der Waals surface area contributed by atoms with Gasteiger partial charge in [0.15, 0.2) is 17.2 Å². The van der Waals surface area contributed by atoms with Crippen LogP contribution in [0.1, 0.15) is 18.9 Å². The fourth-order valence-electron chi connectivity index (χ4n) is 1.95. The van der Waals surface area contributed by atoms with Crippen LogP contribution in [0, 0.1) is 11.6 Å². The lowest BCUT2D eigenvalue weighted by molar-refractivity contribution is 0.509. The molecule has 1 aromatic carbocycles. The number of hydrogen-bond donors (Lipinski definition) is 1. The van der Waals surface area contributed by atoms with Crippen LogP contribution in [0.3, 0.4) is 0 Å². The van der Waals surface area contributed by atoms with E-state index < -0.39 is 11.6 Å². The molecular formula is C13H15F2NO. The topological polar surface area (TPSA) is 25.2 Å². The first-order valence-corrected chi connectivity index (χ1v) is 5.68. The average Bonchev–Trinajstić information content (AvgIpc) is 2.71. The summed E-state index contributed by atoms with van der Waals surface area (Å²) < 4.78 is 32.1. The van der Waals surface area contributed by atoms with Crippen LogP contribution < -0.4 is 5.32 Å². The van der Waals surface area contributed by atoms with Gasteiger partial charge in [-0.05, 0) is 31.5 Å². The Kier molecular flexibility index (Phi) is 3.43. The van der Waals surface area contributed by atoms with Crippen molar-refractivity contribution < 1.29 is 13.2 Å². The maximum atomic E-state index is 14.0. The van der Waals surface area contributed by atoms with Crippen LogP contribution in [0.2, 0.25) is 0 Å².